The predicted molar refractivity (Wildman–Crippen MR) is 106 cm³/mol. The van der Waals surface area contributed by atoms with Gasteiger partial charge in [-0.15, -0.1) is 0 Å². The number of carbonyl (C=O) groups is 4. The maximum absolute atomic E-state index is 12.3. The zero-order valence-corrected chi connectivity index (χ0v) is 17.2. The van der Waals surface area contributed by atoms with Gasteiger partial charge in [0.2, 0.25) is 17.7 Å². The number of H-pyrrole nitrogens is 1. The van der Waals surface area contributed by atoms with Crippen LogP contribution in [0.1, 0.15) is 32.9 Å². The van der Waals surface area contributed by atoms with Crippen LogP contribution in [0, 0.1) is 5.92 Å². The maximum Gasteiger partial charge on any atom is 0.326 e. The summed E-state index contributed by atoms with van der Waals surface area (Å²) >= 11 is 0. The van der Waals surface area contributed by atoms with E-state index in [2.05, 4.69) is 25.9 Å². The van der Waals surface area contributed by atoms with Crippen molar-refractivity contribution in [1.82, 2.24) is 25.9 Å². The summed E-state index contributed by atoms with van der Waals surface area (Å²) in [5.41, 5.74) is 6.34. The van der Waals surface area contributed by atoms with Crippen molar-refractivity contribution in [3.05, 3.63) is 18.2 Å². The Balaban J connectivity index is 2.62. The van der Waals surface area contributed by atoms with Crippen LogP contribution in [0.15, 0.2) is 12.5 Å². The molecule has 30 heavy (non-hydrogen) atoms. The molecule has 1 heterocycles. The fraction of sp³-hybridized carbons (Fsp3) is 0.611. The van der Waals surface area contributed by atoms with Gasteiger partial charge in [0.05, 0.1) is 25.0 Å². The third kappa shape index (κ3) is 7.79. The molecule has 0 aliphatic rings. The number of hydrogen-bond acceptors (Lipinski definition) is 7. The second-order valence-electron chi connectivity index (χ2n) is 7.10. The summed E-state index contributed by atoms with van der Waals surface area (Å²) in [4.78, 5) is 54.4. The molecule has 1 aromatic rings. The normalized spacial score (nSPS) is 15.9. The lowest BCUT2D eigenvalue weighted by molar-refractivity contribution is -0.141. The van der Waals surface area contributed by atoms with Gasteiger partial charge >= 0.3 is 5.97 Å². The highest BCUT2D eigenvalue weighted by molar-refractivity contribution is 5.93. The topological polar surface area (TPSA) is 200 Å². The first-order chi connectivity index (χ1) is 14.1. The van der Waals surface area contributed by atoms with E-state index < -0.39 is 54.5 Å². The SMILES string of the molecule is CCC(C)C(N)C(=O)NC(C(=O)NCC(=O)NC(Cc1cnc[nH]1)C(=O)O)C(C)O. The first-order valence-corrected chi connectivity index (χ1v) is 9.57. The first kappa shape index (κ1) is 25.0. The zero-order valence-electron chi connectivity index (χ0n) is 17.2. The molecule has 0 aliphatic heterocycles. The van der Waals surface area contributed by atoms with Crippen molar-refractivity contribution >= 4 is 23.7 Å². The maximum atomic E-state index is 12.3. The molecule has 0 aliphatic carbocycles. The number of amides is 3. The number of aliphatic hydroxyl groups excluding tert-OH is 1. The third-order valence-corrected chi connectivity index (χ3v) is 4.66. The number of hydrogen-bond donors (Lipinski definition) is 7. The predicted octanol–water partition coefficient (Wildman–Crippen LogP) is -2.12. The van der Waals surface area contributed by atoms with Crippen LogP contribution < -0.4 is 21.7 Å². The fourth-order valence-corrected chi connectivity index (χ4v) is 2.51. The zero-order chi connectivity index (χ0) is 22.8. The monoisotopic (exact) mass is 426 g/mol. The Bertz CT molecular complexity index is 723. The molecule has 0 aromatic carbocycles. The van der Waals surface area contributed by atoms with Gasteiger partial charge in [-0.05, 0) is 12.8 Å². The van der Waals surface area contributed by atoms with Crippen molar-refractivity contribution in [1.29, 1.82) is 0 Å². The first-order valence-electron chi connectivity index (χ1n) is 9.57. The molecule has 5 unspecified atom stereocenters. The fourth-order valence-electron chi connectivity index (χ4n) is 2.51. The molecule has 8 N–H and O–H groups in total. The molecule has 5 atom stereocenters. The van der Waals surface area contributed by atoms with Gasteiger partial charge in [-0.1, -0.05) is 20.3 Å². The second kappa shape index (κ2) is 11.9. The van der Waals surface area contributed by atoms with Crippen molar-refractivity contribution in [2.45, 2.75) is 57.8 Å². The standard InChI is InChI=1S/C18H30N6O6/c1-4-9(2)14(19)16(27)24-15(10(3)25)17(28)21-7-13(26)23-12(18(29)30)5-11-6-20-8-22-11/h6,8-10,12,14-15,25H,4-5,7,19H2,1-3H3,(H,20,22)(H,21,28)(H,23,26)(H,24,27)(H,29,30). The minimum absolute atomic E-state index is 0.0190. The van der Waals surface area contributed by atoms with Crippen LogP contribution >= 0.6 is 0 Å². The third-order valence-electron chi connectivity index (χ3n) is 4.66. The molecule has 12 nitrogen and oxygen atoms in total. The molecule has 0 saturated carbocycles. The lowest BCUT2D eigenvalue weighted by Crippen LogP contribution is -2.58. The number of rotatable bonds is 12. The number of nitrogens with zero attached hydrogens (tertiary/aromatic N) is 1. The number of carboxylic acids is 1. The Morgan fingerprint density at radius 2 is 1.87 bits per heavy atom. The van der Waals surface area contributed by atoms with E-state index in [0.717, 1.165) is 0 Å². The van der Waals surface area contributed by atoms with E-state index in [0.29, 0.717) is 12.1 Å². The molecule has 0 saturated heterocycles. The molecule has 0 radical (unpaired) electrons. The van der Waals surface area contributed by atoms with E-state index >= 15 is 0 Å². The highest BCUT2D eigenvalue weighted by Gasteiger charge is 2.29. The van der Waals surface area contributed by atoms with Gasteiger partial charge in [0.25, 0.3) is 0 Å². The highest BCUT2D eigenvalue weighted by atomic mass is 16.4. The highest BCUT2D eigenvalue weighted by Crippen LogP contribution is 2.06. The Hall–Kier alpha value is -2.99. The van der Waals surface area contributed by atoms with Gasteiger partial charge < -0.3 is 36.9 Å². The Kier molecular flexibility index (Phi) is 9.92. The molecule has 1 rings (SSSR count). The number of imidazole rings is 1. The van der Waals surface area contributed by atoms with Gasteiger partial charge in [0.15, 0.2) is 0 Å². The molecule has 12 heteroatoms. The van der Waals surface area contributed by atoms with E-state index in [1.165, 1.54) is 19.4 Å². The summed E-state index contributed by atoms with van der Waals surface area (Å²) in [6.45, 7) is 4.42. The van der Waals surface area contributed by atoms with E-state index in [1.807, 2.05) is 6.92 Å². The number of carbonyl (C=O) groups excluding carboxylic acids is 3. The number of aliphatic carboxylic acids is 1. The van der Waals surface area contributed by atoms with Crippen molar-refractivity contribution < 1.29 is 29.4 Å². The molecular weight excluding hydrogens is 396 g/mol. The molecule has 3 amide bonds. The quantitative estimate of drug-likeness (QED) is 0.196. The average molecular weight is 426 g/mol. The van der Waals surface area contributed by atoms with Crippen LogP contribution in [0.4, 0.5) is 0 Å². The second-order valence-corrected chi connectivity index (χ2v) is 7.10. The number of aliphatic hydroxyl groups is 1. The van der Waals surface area contributed by atoms with Crippen LogP contribution in [0.2, 0.25) is 0 Å². The Labute approximate surface area is 174 Å². The lowest BCUT2D eigenvalue weighted by Gasteiger charge is -2.24. The van der Waals surface area contributed by atoms with Gasteiger partial charge in [-0.2, -0.15) is 0 Å². The van der Waals surface area contributed by atoms with Gasteiger partial charge in [-0.25, -0.2) is 9.78 Å². The lowest BCUT2D eigenvalue weighted by atomic mass is 9.99. The summed E-state index contributed by atoms with van der Waals surface area (Å²) < 4.78 is 0. The van der Waals surface area contributed by atoms with E-state index in [9.17, 15) is 29.4 Å². The summed E-state index contributed by atoms with van der Waals surface area (Å²) in [7, 11) is 0. The largest absolute Gasteiger partial charge is 0.480 e. The molecule has 0 spiro atoms. The smallest absolute Gasteiger partial charge is 0.326 e. The van der Waals surface area contributed by atoms with E-state index in [4.69, 9.17) is 5.73 Å². The van der Waals surface area contributed by atoms with Crippen LogP contribution in [0.5, 0.6) is 0 Å². The summed E-state index contributed by atoms with van der Waals surface area (Å²) in [5, 5.41) is 26.0. The van der Waals surface area contributed by atoms with E-state index in [1.54, 1.807) is 6.92 Å². The van der Waals surface area contributed by atoms with Crippen molar-refractivity contribution in [3.63, 3.8) is 0 Å². The summed E-state index contributed by atoms with van der Waals surface area (Å²) in [6, 6.07) is -3.40. The van der Waals surface area contributed by atoms with Crippen LogP contribution in [0.3, 0.4) is 0 Å². The number of nitrogens with one attached hydrogen (secondary N) is 4. The Morgan fingerprint density at radius 1 is 1.20 bits per heavy atom. The summed E-state index contributed by atoms with van der Waals surface area (Å²) in [5.74, 6) is -3.53. The van der Waals surface area contributed by atoms with Crippen LogP contribution in [-0.2, 0) is 25.6 Å². The number of nitrogens with two attached hydrogens (primary N) is 1. The number of carboxylic acid groups (broad SMARTS) is 1. The number of aromatic nitrogens is 2. The molecule has 0 fully saturated rings. The molecule has 168 valence electrons. The van der Waals surface area contributed by atoms with Gasteiger partial charge in [0.1, 0.15) is 12.1 Å². The molecular formula is C18H30N6O6. The summed E-state index contributed by atoms with van der Waals surface area (Å²) in [6.07, 6.45) is 2.21. The van der Waals surface area contributed by atoms with Crippen LogP contribution in [-0.4, -0.2) is 74.6 Å². The minimum atomic E-state index is -1.32. The molecule has 0 bridgehead atoms. The van der Waals surface area contributed by atoms with Gasteiger partial charge in [-0.3, -0.25) is 14.4 Å². The van der Waals surface area contributed by atoms with E-state index in [-0.39, 0.29) is 12.3 Å². The average Bonchev–Trinajstić information content (AvgIpc) is 3.21. The van der Waals surface area contributed by atoms with Crippen molar-refractivity contribution in [2.24, 2.45) is 11.7 Å². The van der Waals surface area contributed by atoms with Gasteiger partial charge in [0, 0.05) is 18.3 Å². The number of aromatic amines is 1. The van der Waals surface area contributed by atoms with Crippen molar-refractivity contribution in [3.8, 4) is 0 Å². The minimum Gasteiger partial charge on any atom is -0.480 e. The Morgan fingerprint density at radius 3 is 2.37 bits per heavy atom. The van der Waals surface area contributed by atoms with Crippen molar-refractivity contribution in [2.75, 3.05) is 6.54 Å². The van der Waals surface area contributed by atoms with Crippen LogP contribution in [0.25, 0.3) is 0 Å². The molecule has 1 aromatic heterocycles.